The predicted molar refractivity (Wildman–Crippen MR) is 133 cm³/mol. The van der Waals surface area contributed by atoms with Gasteiger partial charge in [-0.05, 0) is 62.2 Å². The fraction of sp³-hybridized carbons (Fsp3) is 0.259. The molecule has 5 rings (SSSR count). The summed E-state index contributed by atoms with van der Waals surface area (Å²) in [6.07, 6.45) is 5.63. The third-order valence-electron chi connectivity index (χ3n) is 6.01. The monoisotopic (exact) mass is 524 g/mol. The molecule has 0 atom stereocenters. The summed E-state index contributed by atoms with van der Waals surface area (Å²) in [5.74, 6) is -0.463. The van der Waals surface area contributed by atoms with Crippen LogP contribution in [0.25, 0.3) is 17.0 Å². The highest BCUT2D eigenvalue weighted by atomic mass is 32.2. The molecule has 1 aromatic heterocycles. The maximum atomic E-state index is 13.4. The second-order valence-corrected chi connectivity index (χ2v) is 11.0. The van der Waals surface area contributed by atoms with E-state index in [0.717, 1.165) is 36.9 Å². The Morgan fingerprint density at radius 1 is 1.16 bits per heavy atom. The summed E-state index contributed by atoms with van der Waals surface area (Å²) in [6.45, 7) is 5.69. The van der Waals surface area contributed by atoms with Crippen LogP contribution in [0.1, 0.15) is 55.1 Å². The first-order valence-electron chi connectivity index (χ1n) is 11.6. The van der Waals surface area contributed by atoms with Crippen LogP contribution in [0.15, 0.2) is 56.4 Å². The molecule has 0 unspecified atom stereocenters. The molecule has 1 N–H and O–H groups in total. The molecule has 0 saturated carbocycles. The van der Waals surface area contributed by atoms with Crippen LogP contribution in [0.4, 0.5) is 4.39 Å². The second kappa shape index (κ2) is 8.88. The minimum atomic E-state index is -4.04. The van der Waals surface area contributed by atoms with E-state index < -0.39 is 32.9 Å². The van der Waals surface area contributed by atoms with Gasteiger partial charge in [-0.15, -0.1) is 0 Å². The average molecular weight is 525 g/mol. The molecule has 0 amide bonds. The van der Waals surface area contributed by atoms with Gasteiger partial charge in [-0.3, -0.25) is 9.52 Å². The minimum Gasteiger partial charge on any atom is -0.482 e. The molecule has 2 aliphatic heterocycles. The molecule has 0 aliphatic carbocycles. The molecule has 0 bridgehead atoms. The standard InChI is InChI=1S/C27H23FNO7S/c1-4-5-15-12-21(31)35-26-22(15)25-19(10-11-27(2,3)36-25)24-23(26)20(30)13-17(34-24)14-29-37(32,33)18-8-6-16(28)7-9-18/h6-11,14,29H,4-5,13H2,1-3H3. The van der Waals surface area contributed by atoms with Crippen molar-refractivity contribution in [3.8, 4) is 11.5 Å². The van der Waals surface area contributed by atoms with Gasteiger partial charge in [0.15, 0.2) is 17.1 Å². The normalized spacial score (nSPS) is 17.2. The van der Waals surface area contributed by atoms with Crippen LogP contribution >= 0.6 is 0 Å². The number of ether oxygens (including phenoxy) is 2. The number of rotatable bonds is 5. The van der Waals surface area contributed by atoms with Gasteiger partial charge in [-0.25, -0.2) is 17.6 Å². The van der Waals surface area contributed by atoms with Gasteiger partial charge in [-0.2, -0.15) is 0 Å². The Balaban J connectivity index is 1.64. The fourth-order valence-electron chi connectivity index (χ4n) is 4.34. The summed E-state index contributed by atoms with van der Waals surface area (Å²) in [6, 6.07) is 7.03. The first kappa shape index (κ1) is 24.8. The molecule has 3 aromatic rings. The molecule has 191 valence electrons. The molecular formula is C27H23FNO7S. The summed E-state index contributed by atoms with van der Waals surface area (Å²) in [4.78, 5) is 25.6. The van der Waals surface area contributed by atoms with Crippen LogP contribution < -0.4 is 19.8 Å². The number of fused-ring (bicyclic) bond motifs is 6. The van der Waals surface area contributed by atoms with Gasteiger partial charge in [-0.1, -0.05) is 13.3 Å². The van der Waals surface area contributed by atoms with Crippen molar-refractivity contribution in [3.05, 3.63) is 81.3 Å². The molecule has 8 nitrogen and oxygen atoms in total. The number of hydrogen-bond acceptors (Lipinski definition) is 7. The van der Waals surface area contributed by atoms with Crippen molar-refractivity contribution >= 4 is 32.9 Å². The number of nitrogens with one attached hydrogen (secondary N) is 1. The lowest BCUT2D eigenvalue weighted by molar-refractivity contribution is 0.0963. The van der Waals surface area contributed by atoms with E-state index in [4.69, 9.17) is 13.9 Å². The minimum absolute atomic E-state index is 0.0293. The van der Waals surface area contributed by atoms with Gasteiger partial charge >= 0.3 is 5.63 Å². The van der Waals surface area contributed by atoms with Crippen molar-refractivity contribution < 1.29 is 31.5 Å². The summed E-state index contributed by atoms with van der Waals surface area (Å²) in [7, 11) is -4.04. The number of Topliss-reactive ketones (excluding diaryl/α,β-unsaturated/α-hetero) is 1. The fourth-order valence-corrected chi connectivity index (χ4v) is 5.26. The molecule has 1 radical (unpaired) electrons. The Bertz CT molecular complexity index is 1670. The van der Waals surface area contributed by atoms with E-state index in [1.165, 1.54) is 0 Å². The van der Waals surface area contributed by atoms with Crippen molar-refractivity contribution in [1.29, 1.82) is 0 Å². The number of benzene rings is 2. The number of aryl methyl sites for hydroxylation is 1. The molecular weight excluding hydrogens is 501 g/mol. The summed E-state index contributed by atoms with van der Waals surface area (Å²) in [5.41, 5.74) is -0.200. The number of hydrogen-bond donors (Lipinski definition) is 1. The molecule has 3 heterocycles. The molecule has 37 heavy (non-hydrogen) atoms. The third kappa shape index (κ3) is 4.53. The molecule has 0 fully saturated rings. The number of allylic oxidation sites excluding steroid dienone is 1. The quantitative estimate of drug-likeness (QED) is 0.484. The summed E-state index contributed by atoms with van der Waals surface area (Å²) >= 11 is 0. The van der Waals surface area contributed by atoms with Gasteiger partial charge < -0.3 is 13.9 Å². The third-order valence-corrected chi connectivity index (χ3v) is 7.33. The van der Waals surface area contributed by atoms with E-state index in [-0.39, 0.29) is 34.0 Å². The van der Waals surface area contributed by atoms with Gasteiger partial charge in [0.25, 0.3) is 10.0 Å². The van der Waals surface area contributed by atoms with E-state index in [1.807, 2.05) is 26.8 Å². The van der Waals surface area contributed by atoms with Gasteiger partial charge in [0.05, 0.1) is 34.5 Å². The van der Waals surface area contributed by atoms with Crippen LogP contribution in [0.3, 0.4) is 0 Å². The zero-order valence-electron chi connectivity index (χ0n) is 20.3. The van der Waals surface area contributed by atoms with E-state index in [0.29, 0.717) is 28.7 Å². The molecule has 0 spiro atoms. The second-order valence-electron chi connectivity index (χ2n) is 9.32. The lowest BCUT2D eigenvalue weighted by Gasteiger charge is -2.32. The Kier molecular flexibility index (Phi) is 5.94. The SMILES string of the molecule is CCCc1[c]c(=O)oc2c3c(c4c(c12)OC(C)(C)C=C4)OC(=CNS(=O)(=O)c1ccc(F)cc1)CC3=O. The van der Waals surface area contributed by atoms with Crippen LogP contribution in [0.5, 0.6) is 11.5 Å². The number of carbonyl (C=O) groups is 1. The number of halogens is 1. The smallest absolute Gasteiger partial charge is 0.344 e. The highest BCUT2D eigenvalue weighted by Crippen LogP contribution is 2.49. The Hall–Kier alpha value is -3.92. The largest absolute Gasteiger partial charge is 0.482 e. The first-order valence-corrected chi connectivity index (χ1v) is 13.1. The summed E-state index contributed by atoms with van der Waals surface area (Å²) < 4.78 is 58.5. The van der Waals surface area contributed by atoms with Gasteiger partial charge in [0.2, 0.25) is 0 Å². The van der Waals surface area contributed by atoms with E-state index in [1.54, 1.807) is 6.08 Å². The van der Waals surface area contributed by atoms with Crippen molar-refractivity contribution in [1.82, 2.24) is 4.72 Å². The van der Waals surface area contributed by atoms with Crippen molar-refractivity contribution in [2.75, 3.05) is 0 Å². The number of carbonyl (C=O) groups excluding carboxylic acids is 1. The maximum Gasteiger partial charge on any atom is 0.344 e. The molecule has 2 aliphatic rings. The van der Waals surface area contributed by atoms with Crippen LogP contribution in [0.2, 0.25) is 0 Å². The summed E-state index contributed by atoms with van der Waals surface area (Å²) in [5, 5.41) is 0.494. The highest BCUT2D eigenvalue weighted by molar-refractivity contribution is 7.89. The molecule has 0 saturated heterocycles. The zero-order chi connectivity index (χ0) is 26.5. The first-order chi connectivity index (χ1) is 17.5. The lowest BCUT2D eigenvalue weighted by Crippen LogP contribution is -2.29. The topological polar surface area (TPSA) is 112 Å². The molecule has 2 aromatic carbocycles. The predicted octanol–water partition coefficient (Wildman–Crippen LogP) is 4.65. The van der Waals surface area contributed by atoms with Gasteiger partial charge in [0, 0.05) is 0 Å². The maximum absolute atomic E-state index is 13.4. The van der Waals surface area contributed by atoms with Crippen molar-refractivity contribution in [2.24, 2.45) is 0 Å². The van der Waals surface area contributed by atoms with Crippen molar-refractivity contribution in [2.45, 2.75) is 50.5 Å². The molecule has 10 heteroatoms. The zero-order valence-corrected chi connectivity index (χ0v) is 21.1. The van der Waals surface area contributed by atoms with Gasteiger partial charge in [0.1, 0.15) is 28.5 Å². The van der Waals surface area contributed by atoms with Crippen LogP contribution in [-0.4, -0.2) is 19.8 Å². The van der Waals surface area contributed by atoms with E-state index in [9.17, 15) is 22.4 Å². The van der Waals surface area contributed by atoms with E-state index >= 15 is 0 Å². The van der Waals surface area contributed by atoms with E-state index in [2.05, 4.69) is 10.8 Å². The van der Waals surface area contributed by atoms with Crippen LogP contribution in [0, 0.1) is 11.9 Å². The average Bonchev–Trinajstić information content (AvgIpc) is 2.82. The number of sulfonamides is 1. The Morgan fingerprint density at radius 2 is 1.89 bits per heavy atom. The Morgan fingerprint density at radius 3 is 2.59 bits per heavy atom. The number of ketones is 1. The van der Waals surface area contributed by atoms with Crippen LogP contribution in [-0.2, 0) is 16.4 Å². The highest BCUT2D eigenvalue weighted by Gasteiger charge is 2.36. The lowest BCUT2D eigenvalue weighted by atomic mass is 9.90. The Labute approximate surface area is 212 Å². The van der Waals surface area contributed by atoms with Crippen molar-refractivity contribution in [3.63, 3.8) is 0 Å².